The molecule has 1 heterocycles. The van der Waals surface area contributed by atoms with Crippen LogP contribution in [0.1, 0.15) is 32.6 Å². The van der Waals surface area contributed by atoms with E-state index >= 15 is 0 Å². The molecule has 15 heavy (non-hydrogen) atoms. The highest BCUT2D eigenvalue weighted by atomic mass is 35.5. The van der Waals surface area contributed by atoms with Crippen LogP contribution in [0.4, 0.5) is 5.69 Å². The zero-order valence-corrected chi connectivity index (χ0v) is 9.80. The lowest BCUT2D eigenvalue weighted by molar-refractivity contribution is 0.482. The molecule has 0 amide bonds. The number of halogens is 1. The van der Waals surface area contributed by atoms with Gasteiger partial charge in [0.1, 0.15) is 0 Å². The molecule has 1 unspecified atom stereocenters. The average molecular weight is 225 g/mol. The van der Waals surface area contributed by atoms with Crippen molar-refractivity contribution in [1.82, 2.24) is 4.98 Å². The quantitative estimate of drug-likeness (QED) is 0.847. The van der Waals surface area contributed by atoms with Gasteiger partial charge < -0.3 is 5.32 Å². The Kier molecular flexibility index (Phi) is 3.47. The Labute approximate surface area is 96.1 Å². The summed E-state index contributed by atoms with van der Waals surface area (Å²) in [6.07, 6.45) is 8.94. The van der Waals surface area contributed by atoms with Gasteiger partial charge in [-0.25, -0.2) is 0 Å². The topological polar surface area (TPSA) is 24.9 Å². The molecule has 1 aromatic heterocycles. The summed E-state index contributed by atoms with van der Waals surface area (Å²) in [6, 6.07) is 2.32. The molecule has 0 spiro atoms. The van der Waals surface area contributed by atoms with Crippen molar-refractivity contribution in [3.8, 4) is 0 Å². The molecule has 1 N–H and O–H groups in total. The summed E-state index contributed by atoms with van der Waals surface area (Å²) in [5.41, 5.74) is 0.957. The van der Waals surface area contributed by atoms with Gasteiger partial charge in [0.25, 0.3) is 0 Å². The Morgan fingerprint density at radius 2 is 2.20 bits per heavy atom. The van der Waals surface area contributed by atoms with Gasteiger partial charge in [-0.2, -0.15) is 0 Å². The number of anilines is 1. The van der Waals surface area contributed by atoms with Crippen molar-refractivity contribution < 1.29 is 0 Å². The zero-order chi connectivity index (χ0) is 10.7. The summed E-state index contributed by atoms with van der Waals surface area (Å²) in [5.74, 6) is 0.793. The van der Waals surface area contributed by atoms with E-state index in [1.54, 1.807) is 12.4 Å². The molecule has 1 fully saturated rings. The zero-order valence-electron chi connectivity index (χ0n) is 9.04. The predicted molar refractivity (Wildman–Crippen MR) is 64.3 cm³/mol. The fourth-order valence-corrected chi connectivity index (χ4v) is 2.46. The minimum absolute atomic E-state index is 0.495. The number of aromatic nitrogens is 1. The Morgan fingerprint density at radius 1 is 1.47 bits per heavy atom. The molecule has 0 aromatic carbocycles. The van der Waals surface area contributed by atoms with Gasteiger partial charge in [-0.1, -0.05) is 24.4 Å². The van der Waals surface area contributed by atoms with E-state index in [9.17, 15) is 0 Å². The number of pyridine rings is 1. The lowest BCUT2D eigenvalue weighted by Gasteiger charge is -2.21. The molecule has 1 aliphatic rings. The second-order valence-electron chi connectivity index (χ2n) is 4.33. The Morgan fingerprint density at radius 3 is 2.87 bits per heavy atom. The second-order valence-corrected chi connectivity index (χ2v) is 4.74. The first kappa shape index (κ1) is 10.7. The molecule has 2 nitrogen and oxygen atoms in total. The van der Waals surface area contributed by atoms with Crippen LogP contribution in [0.5, 0.6) is 0 Å². The van der Waals surface area contributed by atoms with E-state index in [1.807, 2.05) is 6.07 Å². The number of hydrogen-bond donors (Lipinski definition) is 1. The van der Waals surface area contributed by atoms with E-state index in [0.717, 1.165) is 16.6 Å². The van der Waals surface area contributed by atoms with Crippen LogP contribution < -0.4 is 5.32 Å². The number of rotatable bonds is 3. The van der Waals surface area contributed by atoms with E-state index in [1.165, 1.54) is 25.7 Å². The van der Waals surface area contributed by atoms with Gasteiger partial charge in [-0.15, -0.1) is 0 Å². The van der Waals surface area contributed by atoms with Crippen molar-refractivity contribution in [3.63, 3.8) is 0 Å². The molecule has 0 aliphatic heterocycles. The number of hydrogen-bond acceptors (Lipinski definition) is 2. The first-order chi connectivity index (χ1) is 7.27. The molecule has 1 atom stereocenters. The maximum Gasteiger partial charge on any atom is 0.0718 e. The van der Waals surface area contributed by atoms with E-state index in [4.69, 9.17) is 11.6 Å². The maximum absolute atomic E-state index is 6.07. The lowest BCUT2D eigenvalue weighted by atomic mass is 10.00. The molecule has 0 bridgehead atoms. The SMILES string of the molecule is CC(Nc1cnccc1Cl)C1CCCC1. The highest BCUT2D eigenvalue weighted by Crippen LogP contribution is 2.30. The third-order valence-corrected chi connectivity index (χ3v) is 3.59. The molecule has 1 saturated carbocycles. The average Bonchev–Trinajstić information content (AvgIpc) is 2.74. The van der Waals surface area contributed by atoms with Crippen LogP contribution >= 0.6 is 11.6 Å². The summed E-state index contributed by atoms with van der Waals surface area (Å²) in [6.45, 7) is 2.24. The largest absolute Gasteiger partial charge is 0.380 e. The van der Waals surface area contributed by atoms with E-state index in [2.05, 4.69) is 17.2 Å². The lowest BCUT2D eigenvalue weighted by Crippen LogP contribution is -2.23. The van der Waals surface area contributed by atoms with Gasteiger partial charge in [0.05, 0.1) is 16.9 Å². The molecule has 0 radical (unpaired) electrons. The van der Waals surface area contributed by atoms with Crippen LogP contribution in [0.25, 0.3) is 0 Å². The van der Waals surface area contributed by atoms with Gasteiger partial charge in [-0.3, -0.25) is 4.98 Å². The van der Waals surface area contributed by atoms with Crippen LogP contribution in [-0.4, -0.2) is 11.0 Å². The highest BCUT2D eigenvalue weighted by Gasteiger charge is 2.21. The smallest absolute Gasteiger partial charge is 0.0718 e. The van der Waals surface area contributed by atoms with Crippen LogP contribution in [-0.2, 0) is 0 Å². The molecule has 1 aliphatic carbocycles. The molecular weight excluding hydrogens is 208 g/mol. The summed E-state index contributed by atoms with van der Waals surface area (Å²) in [7, 11) is 0. The van der Waals surface area contributed by atoms with Crippen molar-refractivity contribution >= 4 is 17.3 Å². The van der Waals surface area contributed by atoms with Crippen molar-refractivity contribution in [3.05, 3.63) is 23.5 Å². The molecule has 0 saturated heterocycles. The molecule has 3 heteroatoms. The van der Waals surface area contributed by atoms with Gasteiger partial charge in [0.15, 0.2) is 0 Å². The van der Waals surface area contributed by atoms with E-state index < -0.39 is 0 Å². The van der Waals surface area contributed by atoms with E-state index in [0.29, 0.717) is 6.04 Å². The van der Waals surface area contributed by atoms with Crippen molar-refractivity contribution in [2.24, 2.45) is 5.92 Å². The van der Waals surface area contributed by atoms with Crippen LogP contribution in [0.3, 0.4) is 0 Å². The third kappa shape index (κ3) is 2.63. The van der Waals surface area contributed by atoms with Crippen LogP contribution in [0.2, 0.25) is 5.02 Å². The van der Waals surface area contributed by atoms with Crippen LogP contribution in [0, 0.1) is 5.92 Å². The highest BCUT2D eigenvalue weighted by molar-refractivity contribution is 6.33. The fraction of sp³-hybridized carbons (Fsp3) is 0.583. The molecule has 1 aromatic rings. The normalized spacial score (nSPS) is 19.1. The van der Waals surface area contributed by atoms with Gasteiger partial charge >= 0.3 is 0 Å². The van der Waals surface area contributed by atoms with Crippen molar-refractivity contribution in [1.29, 1.82) is 0 Å². The summed E-state index contributed by atoms with van der Waals surface area (Å²) >= 11 is 6.07. The standard InChI is InChI=1S/C12H17ClN2/c1-9(10-4-2-3-5-10)15-12-8-14-7-6-11(12)13/h6-10,15H,2-5H2,1H3. The van der Waals surface area contributed by atoms with Gasteiger partial charge in [-0.05, 0) is 31.7 Å². The Bertz CT molecular complexity index is 321. The minimum Gasteiger partial charge on any atom is -0.380 e. The predicted octanol–water partition coefficient (Wildman–Crippen LogP) is 3.73. The molecular formula is C12H17ClN2. The minimum atomic E-state index is 0.495. The van der Waals surface area contributed by atoms with Crippen LogP contribution in [0.15, 0.2) is 18.5 Å². The molecule has 82 valence electrons. The summed E-state index contributed by atoms with van der Waals surface area (Å²) < 4.78 is 0. The first-order valence-electron chi connectivity index (χ1n) is 5.63. The van der Waals surface area contributed by atoms with Gasteiger partial charge in [0.2, 0.25) is 0 Å². The molecule has 2 rings (SSSR count). The number of nitrogens with zero attached hydrogens (tertiary/aromatic N) is 1. The number of nitrogens with one attached hydrogen (secondary N) is 1. The first-order valence-corrected chi connectivity index (χ1v) is 6.01. The van der Waals surface area contributed by atoms with Crippen molar-refractivity contribution in [2.45, 2.75) is 38.6 Å². The second kappa shape index (κ2) is 4.84. The maximum atomic E-state index is 6.07. The van der Waals surface area contributed by atoms with Crippen molar-refractivity contribution in [2.75, 3.05) is 5.32 Å². The Balaban J connectivity index is 1.99. The fourth-order valence-electron chi connectivity index (χ4n) is 2.30. The Hall–Kier alpha value is -0.760. The summed E-state index contributed by atoms with van der Waals surface area (Å²) in [5, 5.41) is 4.22. The van der Waals surface area contributed by atoms with Gasteiger partial charge in [0, 0.05) is 12.2 Å². The summed E-state index contributed by atoms with van der Waals surface area (Å²) in [4.78, 5) is 4.08. The monoisotopic (exact) mass is 224 g/mol. The third-order valence-electron chi connectivity index (χ3n) is 3.26. The van der Waals surface area contributed by atoms with E-state index in [-0.39, 0.29) is 0 Å².